The Morgan fingerprint density at radius 3 is 3.00 bits per heavy atom. The maximum absolute atomic E-state index is 12.5. The fraction of sp³-hybridized carbons (Fsp3) is 0.316. The number of carbonyl (C=O) groups excluding carboxylic acids is 1. The molecule has 1 aromatic carbocycles. The van der Waals surface area contributed by atoms with Crippen LogP contribution < -0.4 is 10.6 Å². The van der Waals surface area contributed by atoms with Gasteiger partial charge in [-0.2, -0.15) is 5.10 Å². The number of amides is 1. The standard InChI is InChI=1S/C19H22N6O/c1-13-17(23-18(22-13)14-6-3-2-4-7-14)19(26)21-11-15-10-16-12-20-8-5-9-25(16)24-15/h2-4,6-7,10,20H,5,8-9,11-12H2,1H3,(H,21,26)(H,22,23). The first kappa shape index (κ1) is 16.5. The Bertz CT molecular complexity index is 888. The molecule has 3 heterocycles. The largest absolute Gasteiger partial charge is 0.345 e. The summed E-state index contributed by atoms with van der Waals surface area (Å²) in [5.74, 6) is 0.510. The molecule has 1 aliphatic heterocycles. The van der Waals surface area contributed by atoms with Crippen LogP contribution in [0.1, 0.15) is 34.0 Å². The summed E-state index contributed by atoms with van der Waals surface area (Å²) in [6.07, 6.45) is 1.06. The fourth-order valence-corrected chi connectivity index (χ4v) is 3.18. The van der Waals surface area contributed by atoms with Crippen LogP contribution in [0.15, 0.2) is 36.4 Å². The first-order valence-corrected chi connectivity index (χ1v) is 8.87. The summed E-state index contributed by atoms with van der Waals surface area (Å²) in [6, 6.07) is 11.8. The first-order chi connectivity index (χ1) is 12.7. The Balaban J connectivity index is 1.45. The number of imidazole rings is 1. The van der Waals surface area contributed by atoms with Crippen molar-refractivity contribution in [2.24, 2.45) is 0 Å². The van der Waals surface area contributed by atoms with Crippen molar-refractivity contribution in [3.8, 4) is 11.4 Å². The highest BCUT2D eigenvalue weighted by Gasteiger charge is 2.17. The predicted molar refractivity (Wildman–Crippen MR) is 98.5 cm³/mol. The number of nitrogens with one attached hydrogen (secondary N) is 3. The first-order valence-electron chi connectivity index (χ1n) is 8.87. The summed E-state index contributed by atoms with van der Waals surface area (Å²) in [7, 11) is 0. The van der Waals surface area contributed by atoms with Gasteiger partial charge in [0, 0.05) is 24.3 Å². The van der Waals surface area contributed by atoms with E-state index in [0.717, 1.165) is 48.7 Å². The van der Waals surface area contributed by atoms with Crippen molar-refractivity contribution in [1.29, 1.82) is 0 Å². The SMILES string of the molecule is Cc1[nH]c(-c2ccccc2)nc1C(=O)NCc1cc2n(n1)CCCNC2. The van der Waals surface area contributed by atoms with Gasteiger partial charge < -0.3 is 15.6 Å². The number of benzene rings is 1. The zero-order chi connectivity index (χ0) is 17.9. The maximum Gasteiger partial charge on any atom is 0.272 e. The van der Waals surface area contributed by atoms with Crippen LogP contribution in [-0.4, -0.2) is 32.2 Å². The zero-order valence-corrected chi connectivity index (χ0v) is 14.7. The molecule has 2 aromatic heterocycles. The molecule has 0 saturated carbocycles. The number of aromatic amines is 1. The van der Waals surface area contributed by atoms with Crippen molar-refractivity contribution in [2.75, 3.05) is 6.54 Å². The van der Waals surface area contributed by atoms with Crippen LogP contribution in [0.2, 0.25) is 0 Å². The van der Waals surface area contributed by atoms with Crippen LogP contribution in [0, 0.1) is 6.92 Å². The van der Waals surface area contributed by atoms with Crippen LogP contribution in [-0.2, 0) is 19.6 Å². The van der Waals surface area contributed by atoms with Gasteiger partial charge >= 0.3 is 0 Å². The highest BCUT2D eigenvalue weighted by molar-refractivity contribution is 5.94. The van der Waals surface area contributed by atoms with E-state index < -0.39 is 0 Å². The van der Waals surface area contributed by atoms with Crippen LogP contribution in [0.3, 0.4) is 0 Å². The fourth-order valence-electron chi connectivity index (χ4n) is 3.18. The Morgan fingerprint density at radius 1 is 1.31 bits per heavy atom. The molecule has 7 heteroatoms. The summed E-state index contributed by atoms with van der Waals surface area (Å²) in [6.45, 7) is 5.00. The molecular weight excluding hydrogens is 328 g/mol. The molecule has 0 unspecified atom stereocenters. The van der Waals surface area contributed by atoms with E-state index in [9.17, 15) is 4.79 Å². The molecule has 0 aliphatic carbocycles. The quantitative estimate of drug-likeness (QED) is 0.672. The average molecular weight is 350 g/mol. The van der Waals surface area contributed by atoms with E-state index in [1.54, 1.807) is 0 Å². The van der Waals surface area contributed by atoms with E-state index in [4.69, 9.17) is 0 Å². The Kier molecular flexibility index (Phi) is 4.53. The van der Waals surface area contributed by atoms with Crippen molar-refractivity contribution in [1.82, 2.24) is 30.4 Å². The number of nitrogens with zero attached hydrogens (tertiary/aromatic N) is 3. The topological polar surface area (TPSA) is 87.6 Å². The molecule has 0 saturated heterocycles. The van der Waals surface area contributed by atoms with Crippen LogP contribution in [0.4, 0.5) is 0 Å². The lowest BCUT2D eigenvalue weighted by Gasteiger charge is -2.02. The second kappa shape index (κ2) is 7.13. The molecule has 3 N–H and O–H groups in total. The number of hydrogen-bond acceptors (Lipinski definition) is 4. The summed E-state index contributed by atoms with van der Waals surface area (Å²) in [5, 5.41) is 10.9. The molecule has 1 amide bonds. The predicted octanol–water partition coefficient (Wildman–Crippen LogP) is 2.00. The van der Waals surface area contributed by atoms with Gasteiger partial charge in [0.15, 0.2) is 0 Å². The zero-order valence-electron chi connectivity index (χ0n) is 14.7. The van der Waals surface area contributed by atoms with Gasteiger partial charge in [-0.3, -0.25) is 9.48 Å². The number of aryl methyl sites for hydroxylation is 2. The minimum Gasteiger partial charge on any atom is -0.345 e. The molecule has 0 spiro atoms. The van der Waals surface area contributed by atoms with Crippen LogP contribution in [0.25, 0.3) is 11.4 Å². The lowest BCUT2D eigenvalue weighted by atomic mass is 10.2. The van der Waals surface area contributed by atoms with Crippen LogP contribution >= 0.6 is 0 Å². The van der Waals surface area contributed by atoms with Gasteiger partial charge in [0.25, 0.3) is 5.91 Å². The molecule has 0 atom stereocenters. The minimum absolute atomic E-state index is 0.192. The molecule has 7 nitrogen and oxygen atoms in total. The summed E-state index contributed by atoms with van der Waals surface area (Å²) >= 11 is 0. The van der Waals surface area contributed by atoms with Crippen molar-refractivity contribution in [2.45, 2.75) is 33.0 Å². The number of fused-ring (bicyclic) bond motifs is 1. The summed E-state index contributed by atoms with van der Waals surface area (Å²) in [5.41, 5.74) is 4.17. The second-order valence-electron chi connectivity index (χ2n) is 6.49. The van der Waals surface area contributed by atoms with Crippen molar-refractivity contribution < 1.29 is 4.79 Å². The van der Waals surface area contributed by atoms with E-state index in [1.165, 1.54) is 0 Å². The molecule has 134 valence electrons. The minimum atomic E-state index is -0.192. The number of carbonyl (C=O) groups is 1. The second-order valence-corrected chi connectivity index (χ2v) is 6.49. The molecule has 26 heavy (non-hydrogen) atoms. The monoisotopic (exact) mass is 350 g/mol. The third-order valence-corrected chi connectivity index (χ3v) is 4.52. The third-order valence-electron chi connectivity index (χ3n) is 4.52. The van der Waals surface area contributed by atoms with Gasteiger partial charge in [0.05, 0.1) is 17.9 Å². The molecule has 1 aliphatic rings. The molecule has 0 radical (unpaired) electrons. The van der Waals surface area contributed by atoms with E-state index in [-0.39, 0.29) is 5.91 Å². The third kappa shape index (κ3) is 3.39. The number of H-pyrrole nitrogens is 1. The van der Waals surface area contributed by atoms with Gasteiger partial charge in [-0.25, -0.2) is 4.98 Å². The molecular formula is C19H22N6O. The molecule has 4 rings (SSSR count). The highest BCUT2D eigenvalue weighted by atomic mass is 16.1. The van der Waals surface area contributed by atoms with Gasteiger partial charge in [-0.15, -0.1) is 0 Å². The van der Waals surface area contributed by atoms with Crippen molar-refractivity contribution in [3.63, 3.8) is 0 Å². The number of hydrogen-bond donors (Lipinski definition) is 3. The smallest absolute Gasteiger partial charge is 0.272 e. The lowest BCUT2D eigenvalue weighted by molar-refractivity contribution is 0.0945. The summed E-state index contributed by atoms with van der Waals surface area (Å²) < 4.78 is 2.02. The van der Waals surface area contributed by atoms with Gasteiger partial charge in [-0.05, 0) is 26.0 Å². The Morgan fingerprint density at radius 2 is 2.15 bits per heavy atom. The van der Waals surface area contributed by atoms with Gasteiger partial charge in [-0.1, -0.05) is 30.3 Å². The van der Waals surface area contributed by atoms with E-state index in [2.05, 4.69) is 25.7 Å². The average Bonchev–Trinajstić information content (AvgIpc) is 3.17. The van der Waals surface area contributed by atoms with Gasteiger partial charge in [0.1, 0.15) is 11.5 Å². The molecule has 0 bridgehead atoms. The molecule has 0 fully saturated rings. The Labute approximate surface area is 151 Å². The number of rotatable bonds is 4. The normalized spacial score (nSPS) is 13.9. The van der Waals surface area contributed by atoms with Gasteiger partial charge in [0.2, 0.25) is 0 Å². The molecule has 3 aromatic rings. The highest BCUT2D eigenvalue weighted by Crippen LogP contribution is 2.17. The van der Waals surface area contributed by atoms with E-state index in [1.807, 2.05) is 48.0 Å². The lowest BCUT2D eigenvalue weighted by Crippen LogP contribution is -2.24. The summed E-state index contributed by atoms with van der Waals surface area (Å²) in [4.78, 5) is 20.2. The van der Waals surface area contributed by atoms with E-state index >= 15 is 0 Å². The maximum atomic E-state index is 12.5. The Hall–Kier alpha value is -2.93. The number of aromatic nitrogens is 4. The van der Waals surface area contributed by atoms with Crippen molar-refractivity contribution in [3.05, 3.63) is 59.2 Å². The van der Waals surface area contributed by atoms with Crippen molar-refractivity contribution >= 4 is 5.91 Å². The van der Waals surface area contributed by atoms with Crippen LogP contribution in [0.5, 0.6) is 0 Å². The van der Waals surface area contributed by atoms with E-state index in [0.29, 0.717) is 18.1 Å².